The van der Waals surface area contributed by atoms with E-state index in [0.29, 0.717) is 48.4 Å². The van der Waals surface area contributed by atoms with Gasteiger partial charge < -0.3 is 19.8 Å². The van der Waals surface area contributed by atoms with E-state index in [0.717, 1.165) is 48.7 Å². The molecule has 3 aliphatic rings. The Morgan fingerprint density at radius 3 is 2.07 bits per heavy atom. The van der Waals surface area contributed by atoms with Crippen LogP contribution in [0.2, 0.25) is 5.02 Å². The van der Waals surface area contributed by atoms with Gasteiger partial charge in [0.05, 0.1) is 16.6 Å². The molecule has 1 atom stereocenters. The van der Waals surface area contributed by atoms with E-state index in [1.54, 1.807) is 23.2 Å². The quantitative estimate of drug-likeness (QED) is 0.409. The summed E-state index contributed by atoms with van der Waals surface area (Å²) < 4.78 is 43.9. The van der Waals surface area contributed by atoms with Gasteiger partial charge in [-0.1, -0.05) is 41.9 Å². The summed E-state index contributed by atoms with van der Waals surface area (Å²) in [4.78, 5) is 31.3. The van der Waals surface area contributed by atoms with Crippen molar-refractivity contribution in [1.29, 1.82) is 0 Å². The lowest BCUT2D eigenvalue weighted by molar-refractivity contribution is -0.262. The van der Waals surface area contributed by atoms with Crippen LogP contribution < -0.4 is 4.90 Å². The topological polar surface area (TPSA) is 81.9 Å². The summed E-state index contributed by atoms with van der Waals surface area (Å²) in [6.45, 7) is 3.14. The molecule has 1 aromatic heterocycles. The number of aliphatic hydroxyl groups is 1. The van der Waals surface area contributed by atoms with Crippen LogP contribution in [-0.2, 0) is 10.4 Å². The van der Waals surface area contributed by atoms with Crippen molar-refractivity contribution in [2.45, 2.75) is 43.5 Å². The van der Waals surface area contributed by atoms with E-state index < -0.39 is 23.2 Å². The summed E-state index contributed by atoms with van der Waals surface area (Å²) in [6, 6.07) is 14.2. The van der Waals surface area contributed by atoms with Crippen LogP contribution in [0.1, 0.15) is 47.6 Å². The lowest BCUT2D eigenvalue weighted by Crippen LogP contribution is -2.57. The number of piperidine rings is 2. The van der Waals surface area contributed by atoms with E-state index in [4.69, 9.17) is 11.6 Å². The molecule has 3 aliphatic heterocycles. The first kappa shape index (κ1) is 30.5. The summed E-state index contributed by atoms with van der Waals surface area (Å²) in [6.07, 6.45) is 1.50. The number of rotatable bonds is 6. The molecular formula is C32H35ClF3N5O3. The number of nitrogens with zero attached hydrogens (tertiary/aromatic N) is 5. The Bertz CT molecular complexity index is 1470. The molecule has 0 spiro atoms. The fourth-order valence-corrected chi connectivity index (χ4v) is 7.10. The summed E-state index contributed by atoms with van der Waals surface area (Å²) >= 11 is 6.58. The number of halogens is 4. The van der Waals surface area contributed by atoms with Crippen LogP contribution in [0, 0.1) is 11.8 Å². The van der Waals surface area contributed by atoms with Crippen LogP contribution >= 0.6 is 11.6 Å². The van der Waals surface area contributed by atoms with Crippen LogP contribution in [0.4, 0.5) is 18.9 Å². The average Bonchev–Trinajstić information content (AvgIpc) is 3.54. The summed E-state index contributed by atoms with van der Waals surface area (Å²) in [5.41, 5.74) is -2.60. The molecule has 234 valence electrons. The van der Waals surface area contributed by atoms with E-state index in [-0.39, 0.29) is 25.0 Å². The van der Waals surface area contributed by atoms with Gasteiger partial charge in [-0.15, -0.1) is 0 Å². The fraction of sp³-hybridized carbons (Fsp3) is 0.469. The number of benzene rings is 2. The van der Waals surface area contributed by atoms with Gasteiger partial charge in [0, 0.05) is 62.9 Å². The molecule has 0 radical (unpaired) electrons. The zero-order valence-corrected chi connectivity index (χ0v) is 24.9. The number of anilines is 1. The monoisotopic (exact) mass is 629 g/mol. The number of hydrogen-bond donors (Lipinski definition) is 1. The number of amides is 2. The third kappa shape index (κ3) is 5.67. The maximum absolute atomic E-state index is 14.0. The van der Waals surface area contributed by atoms with E-state index in [9.17, 15) is 27.9 Å². The molecule has 3 saturated heterocycles. The molecular weight excluding hydrogens is 595 g/mol. The van der Waals surface area contributed by atoms with E-state index in [2.05, 4.69) is 10.00 Å². The first-order chi connectivity index (χ1) is 21.1. The SMILES string of the molecule is O=C(c1ccc(N2CCC(C3CCN(C(=O)[C@](O)(c4ccccc4)C(F)(F)F)CC3)CC2)cc1Cl)N1CC(n2cccn2)C1. The number of hydrogen-bond acceptors (Lipinski definition) is 5. The van der Waals surface area contributed by atoms with Crippen molar-refractivity contribution >= 4 is 29.1 Å². The third-order valence-corrected chi connectivity index (χ3v) is 9.85. The summed E-state index contributed by atoms with van der Waals surface area (Å²) in [7, 11) is 0. The number of carbonyl (C=O) groups excluding carboxylic acids is 2. The molecule has 0 aliphatic carbocycles. The number of aromatic nitrogens is 2. The zero-order chi connectivity index (χ0) is 31.1. The predicted octanol–water partition coefficient (Wildman–Crippen LogP) is 5.14. The van der Waals surface area contributed by atoms with Crippen LogP contribution in [-0.4, -0.2) is 81.9 Å². The second kappa shape index (κ2) is 12.1. The van der Waals surface area contributed by atoms with Gasteiger partial charge in [-0.3, -0.25) is 14.3 Å². The molecule has 3 aromatic rings. The highest BCUT2D eigenvalue weighted by molar-refractivity contribution is 6.34. The van der Waals surface area contributed by atoms with Gasteiger partial charge in [0.25, 0.3) is 17.4 Å². The van der Waals surface area contributed by atoms with Crippen molar-refractivity contribution in [2.24, 2.45) is 11.8 Å². The van der Waals surface area contributed by atoms with E-state index >= 15 is 0 Å². The largest absolute Gasteiger partial charge is 0.430 e. The molecule has 1 N–H and O–H groups in total. The Hall–Kier alpha value is -3.57. The Balaban J connectivity index is 1.01. The first-order valence-electron chi connectivity index (χ1n) is 15.0. The minimum absolute atomic E-state index is 0.0917. The predicted molar refractivity (Wildman–Crippen MR) is 159 cm³/mol. The average molecular weight is 630 g/mol. The molecule has 0 bridgehead atoms. The highest BCUT2D eigenvalue weighted by Crippen LogP contribution is 2.42. The lowest BCUT2D eigenvalue weighted by atomic mass is 9.78. The number of alkyl halides is 3. The molecule has 12 heteroatoms. The van der Waals surface area contributed by atoms with Gasteiger partial charge in [-0.25, -0.2) is 0 Å². The molecule has 6 rings (SSSR count). The molecule has 0 saturated carbocycles. The van der Waals surface area contributed by atoms with Crippen molar-refractivity contribution in [2.75, 3.05) is 44.2 Å². The second-order valence-electron chi connectivity index (χ2n) is 12.0. The van der Waals surface area contributed by atoms with Crippen LogP contribution in [0.25, 0.3) is 0 Å². The van der Waals surface area contributed by atoms with E-state index in [1.165, 1.54) is 12.1 Å². The summed E-state index contributed by atoms with van der Waals surface area (Å²) in [5.74, 6) is -0.715. The highest BCUT2D eigenvalue weighted by atomic mass is 35.5. The Morgan fingerprint density at radius 2 is 1.50 bits per heavy atom. The third-order valence-electron chi connectivity index (χ3n) is 9.54. The molecule has 44 heavy (non-hydrogen) atoms. The number of carbonyl (C=O) groups is 2. The van der Waals surface area contributed by atoms with Gasteiger partial charge in [-0.05, 0) is 61.8 Å². The van der Waals surface area contributed by atoms with Gasteiger partial charge in [-0.2, -0.15) is 18.3 Å². The number of likely N-dealkylation sites (tertiary alicyclic amines) is 2. The van der Waals surface area contributed by atoms with Gasteiger partial charge in [0.2, 0.25) is 0 Å². The minimum atomic E-state index is -5.14. The van der Waals surface area contributed by atoms with Crippen LogP contribution in [0.5, 0.6) is 0 Å². The van der Waals surface area contributed by atoms with Gasteiger partial charge in [0.15, 0.2) is 0 Å². The van der Waals surface area contributed by atoms with Crippen molar-refractivity contribution in [1.82, 2.24) is 19.6 Å². The van der Waals surface area contributed by atoms with Crippen molar-refractivity contribution in [3.63, 3.8) is 0 Å². The molecule has 8 nitrogen and oxygen atoms in total. The van der Waals surface area contributed by atoms with Crippen molar-refractivity contribution in [3.8, 4) is 0 Å². The van der Waals surface area contributed by atoms with Crippen LogP contribution in [0.3, 0.4) is 0 Å². The lowest BCUT2D eigenvalue weighted by Gasteiger charge is -2.42. The zero-order valence-electron chi connectivity index (χ0n) is 24.2. The molecule has 0 unspecified atom stereocenters. The van der Waals surface area contributed by atoms with Gasteiger partial charge in [0.1, 0.15) is 0 Å². The Kier molecular flexibility index (Phi) is 8.36. The van der Waals surface area contributed by atoms with E-state index in [1.807, 2.05) is 29.1 Å². The fourth-order valence-electron chi connectivity index (χ4n) is 6.85. The maximum Gasteiger partial charge on any atom is 0.430 e. The smallest absolute Gasteiger partial charge is 0.371 e. The molecule has 2 amide bonds. The molecule has 4 heterocycles. The molecule has 3 fully saturated rings. The van der Waals surface area contributed by atoms with Crippen LogP contribution in [0.15, 0.2) is 67.0 Å². The second-order valence-corrected chi connectivity index (χ2v) is 12.4. The van der Waals surface area contributed by atoms with Crippen molar-refractivity contribution < 1.29 is 27.9 Å². The standard InChI is InChI=1S/C32H35ClF3N5O3/c33-28-19-25(7-8-27(28)29(42)40-20-26(21-40)41-14-4-13-37-41)38-15-9-22(10-16-38)23-11-17-39(18-12-23)30(43)31(44,32(34,35)36)24-5-2-1-3-6-24/h1-8,13-14,19,22-23,26,44H,9-12,15-18,20-21H2/t31-/m1/s1. The Labute approximate surface area is 259 Å². The normalized spacial score (nSPS) is 20.3. The maximum atomic E-state index is 14.0. The minimum Gasteiger partial charge on any atom is -0.371 e. The molecule has 2 aromatic carbocycles. The first-order valence-corrected chi connectivity index (χ1v) is 15.4. The van der Waals surface area contributed by atoms with Gasteiger partial charge >= 0.3 is 6.18 Å². The Morgan fingerprint density at radius 1 is 0.864 bits per heavy atom. The van der Waals surface area contributed by atoms with Crippen molar-refractivity contribution in [3.05, 3.63) is 83.1 Å². The summed E-state index contributed by atoms with van der Waals surface area (Å²) in [5, 5.41) is 15.4. The highest BCUT2D eigenvalue weighted by Gasteiger charge is 2.62.